The SMILES string of the molecule is CN(C)S(=O)(=O)c1ccc(NC(=O)C2CCCN(C(=O)Cc3ccccc3)C2)cc1. The number of amides is 2. The third kappa shape index (κ3) is 5.25. The predicted octanol–water partition coefficient (Wildman–Crippen LogP) is 2.36. The van der Waals surface area contributed by atoms with E-state index < -0.39 is 10.0 Å². The summed E-state index contributed by atoms with van der Waals surface area (Å²) >= 11 is 0. The average molecular weight is 430 g/mol. The van der Waals surface area contributed by atoms with Crippen LogP contribution in [0.25, 0.3) is 0 Å². The number of sulfonamides is 1. The van der Waals surface area contributed by atoms with Crippen LogP contribution in [-0.4, -0.2) is 56.6 Å². The Hall–Kier alpha value is -2.71. The van der Waals surface area contributed by atoms with Crippen LogP contribution in [0.5, 0.6) is 0 Å². The Balaban J connectivity index is 1.59. The molecule has 1 aliphatic rings. The molecule has 1 unspecified atom stereocenters. The van der Waals surface area contributed by atoms with Crippen molar-refractivity contribution in [3.8, 4) is 0 Å². The van der Waals surface area contributed by atoms with E-state index in [1.165, 1.54) is 26.2 Å². The second kappa shape index (κ2) is 9.40. The van der Waals surface area contributed by atoms with Crippen molar-refractivity contribution >= 4 is 27.5 Å². The van der Waals surface area contributed by atoms with Gasteiger partial charge in [0.25, 0.3) is 0 Å². The van der Waals surface area contributed by atoms with Crippen molar-refractivity contribution in [1.29, 1.82) is 0 Å². The molecule has 0 bridgehead atoms. The first-order valence-corrected chi connectivity index (χ1v) is 11.4. The topological polar surface area (TPSA) is 86.8 Å². The smallest absolute Gasteiger partial charge is 0.242 e. The van der Waals surface area contributed by atoms with Gasteiger partial charge in [-0.15, -0.1) is 0 Å². The maximum atomic E-state index is 12.7. The van der Waals surface area contributed by atoms with Crippen LogP contribution in [0, 0.1) is 5.92 Å². The van der Waals surface area contributed by atoms with Crippen molar-refractivity contribution in [3.63, 3.8) is 0 Å². The highest BCUT2D eigenvalue weighted by molar-refractivity contribution is 7.89. The van der Waals surface area contributed by atoms with Crippen LogP contribution < -0.4 is 5.32 Å². The number of anilines is 1. The minimum Gasteiger partial charge on any atom is -0.342 e. The summed E-state index contributed by atoms with van der Waals surface area (Å²) < 4.78 is 25.4. The molecule has 1 aliphatic heterocycles. The molecule has 0 saturated carbocycles. The van der Waals surface area contributed by atoms with E-state index in [-0.39, 0.29) is 22.6 Å². The van der Waals surface area contributed by atoms with E-state index in [0.717, 1.165) is 16.3 Å². The van der Waals surface area contributed by atoms with Crippen molar-refractivity contribution in [2.24, 2.45) is 5.92 Å². The Labute approximate surface area is 177 Å². The molecule has 1 heterocycles. The molecular formula is C22H27N3O4S. The van der Waals surface area contributed by atoms with E-state index in [1.807, 2.05) is 30.3 Å². The molecule has 1 atom stereocenters. The normalized spacial score (nSPS) is 17.0. The highest BCUT2D eigenvalue weighted by Gasteiger charge is 2.28. The molecule has 2 aromatic carbocycles. The van der Waals surface area contributed by atoms with Gasteiger partial charge in [0.2, 0.25) is 21.8 Å². The van der Waals surface area contributed by atoms with Crippen LogP contribution >= 0.6 is 0 Å². The van der Waals surface area contributed by atoms with Gasteiger partial charge < -0.3 is 10.2 Å². The quantitative estimate of drug-likeness (QED) is 0.764. The van der Waals surface area contributed by atoms with E-state index in [2.05, 4.69) is 5.32 Å². The lowest BCUT2D eigenvalue weighted by atomic mass is 9.96. The van der Waals surface area contributed by atoms with Crippen molar-refractivity contribution < 1.29 is 18.0 Å². The summed E-state index contributed by atoms with van der Waals surface area (Å²) in [6.07, 6.45) is 1.82. The lowest BCUT2D eigenvalue weighted by Crippen LogP contribution is -2.44. The molecule has 0 radical (unpaired) electrons. The minimum atomic E-state index is -3.51. The molecule has 1 fully saturated rings. The average Bonchev–Trinajstić information content (AvgIpc) is 2.75. The zero-order valence-corrected chi connectivity index (χ0v) is 18.1. The number of carbonyl (C=O) groups is 2. The summed E-state index contributed by atoms with van der Waals surface area (Å²) in [5.74, 6) is -0.420. The maximum Gasteiger partial charge on any atom is 0.242 e. The first-order valence-electron chi connectivity index (χ1n) is 9.92. The van der Waals surface area contributed by atoms with E-state index >= 15 is 0 Å². The molecule has 0 aliphatic carbocycles. The zero-order chi connectivity index (χ0) is 21.7. The van der Waals surface area contributed by atoms with E-state index in [4.69, 9.17) is 0 Å². The number of nitrogens with one attached hydrogen (secondary N) is 1. The van der Waals surface area contributed by atoms with Gasteiger partial charge in [0, 0.05) is 32.9 Å². The molecule has 1 N–H and O–H groups in total. The number of likely N-dealkylation sites (tertiary alicyclic amines) is 1. The van der Waals surface area contributed by atoms with Crippen molar-refractivity contribution in [3.05, 3.63) is 60.2 Å². The molecular weight excluding hydrogens is 402 g/mol. The first-order chi connectivity index (χ1) is 14.3. The van der Waals surface area contributed by atoms with Crippen LogP contribution in [0.3, 0.4) is 0 Å². The van der Waals surface area contributed by atoms with Gasteiger partial charge in [-0.25, -0.2) is 12.7 Å². The number of carbonyl (C=O) groups excluding carboxylic acids is 2. The van der Waals surface area contributed by atoms with Gasteiger partial charge in [-0.05, 0) is 42.7 Å². The van der Waals surface area contributed by atoms with Crippen molar-refractivity contribution in [1.82, 2.24) is 9.21 Å². The third-order valence-corrected chi connectivity index (χ3v) is 7.07. The molecule has 3 rings (SSSR count). The molecule has 160 valence electrons. The largest absolute Gasteiger partial charge is 0.342 e. The molecule has 0 aromatic heterocycles. The van der Waals surface area contributed by atoms with E-state index in [0.29, 0.717) is 31.6 Å². The van der Waals surface area contributed by atoms with Crippen LogP contribution in [0.1, 0.15) is 18.4 Å². The van der Waals surface area contributed by atoms with Gasteiger partial charge in [0.05, 0.1) is 17.2 Å². The third-order valence-electron chi connectivity index (χ3n) is 5.24. The molecule has 0 spiro atoms. The Kier molecular flexibility index (Phi) is 6.89. The number of piperidine rings is 1. The van der Waals surface area contributed by atoms with Gasteiger partial charge >= 0.3 is 0 Å². The van der Waals surface area contributed by atoms with E-state index in [1.54, 1.807) is 17.0 Å². The molecule has 7 nitrogen and oxygen atoms in total. The summed E-state index contributed by atoms with van der Waals surface area (Å²) in [7, 11) is -0.566. The number of hydrogen-bond donors (Lipinski definition) is 1. The fourth-order valence-corrected chi connectivity index (χ4v) is 4.37. The highest BCUT2D eigenvalue weighted by atomic mass is 32.2. The zero-order valence-electron chi connectivity index (χ0n) is 17.2. The van der Waals surface area contributed by atoms with Crippen LogP contribution in [0.15, 0.2) is 59.5 Å². The fraction of sp³-hybridized carbons (Fsp3) is 0.364. The number of nitrogens with zero attached hydrogens (tertiary/aromatic N) is 2. The fourth-order valence-electron chi connectivity index (χ4n) is 3.47. The molecule has 30 heavy (non-hydrogen) atoms. The monoisotopic (exact) mass is 429 g/mol. The van der Waals surface area contributed by atoms with Gasteiger partial charge in [-0.3, -0.25) is 9.59 Å². The maximum absolute atomic E-state index is 12.7. The van der Waals surface area contributed by atoms with Crippen LogP contribution in [0.4, 0.5) is 5.69 Å². The standard InChI is InChI=1S/C22H27N3O4S/c1-24(2)30(28,29)20-12-10-19(11-13-20)23-22(27)18-9-6-14-25(16-18)21(26)15-17-7-4-3-5-8-17/h3-5,7-8,10-13,18H,6,9,14-16H2,1-2H3,(H,23,27). The van der Waals surface area contributed by atoms with E-state index in [9.17, 15) is 18.0 Å². The first kappa shape index (κ1) is 22.0. The van der Waals surface area contributed by atoms with Gasteiger partial charge in [0.1, 0.15) is 0 Å². The summed E-state index contributed by atoms with van der Waals surface area (Å²) in [4.78, 5) is 27.2. The molecule has 2 aromatic rings. The van der Waals surface area contributed by atoms with Gasteiger partial charge in [-0.2, -0.15) is 0 Å². The summed E-state index contributed by atoms with van der Waals surface area (Å²) in [6.45, 7) is 1.05. The second-order valence-electron chi connectivity index (χ2n) is 7.64. The van der Waals surface area contributed by atoms with Crippen LogP contribution in [-0.2, 0) is 26.0 Å². The molecule has 8 heteroatoms. The number of rotatable bonds is 6. The predicted molar refractivity (Wildman–Crippen MR) is 115 cm³/mol. The molecule has 1 saturated heterocycles. The second-order valence-corrected chi connectivity index (χ2v) is 9.79. The lowest BCUT2D eigenvalue weighted by Gasteiger charge is -2.32. The number of benzene rings is 2. The molecule has 2 amide bonds. The van der Waals surface area contributed by atoms with Crippen molar-refractivity contribution in [2.75, 3.05) is 32.5 Å². The summed E-state index contributed by atoms with van der Waals surface area (Å²) in [5, 5.41) is 2.84. The number of hydrogen-bond acceptors (Lipinski definition) is 4. The Morgan fingerprint density at radius 1 is 1.07 bits per heavy atom. The van der Waals surface area contributed by atoms with Gasteiger partial charge in [-0.1, -0.05) is 30.3 Å². The summed E-state index contributed by atoms with van der Waals surface area (Å²) in [6, 6.07) is 15.7. The van der Waals surface area contributed by atoms with Gasteiger partial charge in [0.15, 0.2) is 0 Å². The van der Waals surface area contributed by atoms with Crippen LogP contribution in [0.2, 0.25) is 0 Å². The lowest BCUT2D eigenvalue weighted by molar-refractivity contribution is -0.133. The van der Waals surface area contributed by atoms with Crippen molar-refractivity contribution in [2.45, 2.75) is 24.2 Å². The Morgan fingerprint density at radius 3 is 2.37 bits per heavy atom. The Morgan fingerprint density at radius 2 is 1.73 bits per heavy atom. The Bertz CT molecular complexity index is 989. The minimum absolute atomic E-state index is 0.0249. The highest BCUT2D eigenvalue weighted by Crippen LogP contribution is 2.21. The summed E-state index contributed by atoms with van der Waals surface area (Å²) in [5.41, 5.74) is 1.49.